The highest BCUT2D eigenvalue weighted by molar-refractivity contribution is 6.74. The van der Waals surface area contributed by atoms with E-state index in [1.807, 2.05) is 65.0 Å². The van der Waals surface area contributed by atoms with E-state index in [-0.39, 0.29) is 41.8 Å². The highest BCUT2D eigenvalue weighted by Gasteiger charge is 2.41. The molecule has 3 atom stereocenters. The molecular formula is C36H54FN3O6Si. The van der Waals surface area contributed by atoms with Crippen molar-refractivity contribution in [2.45, 2.75) is 97.9 Å². The number of hydrogen-bond acceptors (Lipinski definition) is 7. The summed E-state index contributed by atoms with van der Waals surface area (Å²) in [5, 5.41) is 9.33. The Bertz CT molecular complexity index is 1380. The molecule has 0 bridgehead atoms. The molecule has 0 unspecified atom stereocenters. The predicted molar refractivity (Wildman–Crippen MR) is 184 cm³/mol. The molecule has 2 rings (SSSR count). The Morgan fingerprint density at radius 2 is 1.62 bits per heavy atom. The van der Waals surface area contributed by atoms with Gasteiger partial charge in [-0.15, -0.1) is 0 Å². The number of ether oxygens (including phenoxy) is 3. The number of nitriles is 1. The lowest BCUT2D eigenvalue weighted by Gasteiger charge is -2.43. The van der Waals surface area contributed by atoms with Crippen molar-refractivity contribution in [2.24, 2.45) is 5.92 Å². The molecule has 0 aliphatic carbocycles. The number of nitrogens with zero attached hydrogens (tertiary/aromatic N) is 3. The largest absolute Gasteiger partial charge is 0.497 e. The topological polar surface area (TPSA) is 101 Å². The van der Waals surface area contributed by atoms with Crippen LogP contribution in [0.15, 0.2) is 42.5 Å². The third kappa shape index (κ3) is 11.9. The van der Waals surface area contributed by atoms with Crippen LogP contribution in [-0.2, 0) is 20.5 Å². The standard InChI is InChI=1S/C36H54FN3O6Si/c1-25(32(46-47(11,12)36(6,7)8)22-39(9)34(42)45-35(3,4)5)21-40(33(41)30-19-28(20-38)15-18-31(30)37)26(2)23-44-24-27-13-16-29(43-10)17-14-27/h13-19,25-26,32H,21-24H2,1-12H3/t25-,26+,32+/m1/s1. The fourth-order valence-electron chi connectivity index (χ4n) is 4.54. The minimum atomic E-state index is -2.35. The zero-order valence-electron chi connectivity index (χ0n) is 30.3. The fraction of sp³-hybridized carbons (Fsp3) is 0.583. The van der Waals surface area contributed by atoms with E-state index in [0.29, 0.717) is 6.61 Å². The number of methoxy groups -OCH3 is 1. The van der Waals surface area contributed by atoms with E-state index in [2.05, 4.69) is 33.9 Å². The molecule has 2 aromatic rings. The summed E-state index contributed by atoms with van der Waals surface area (Å²) in [6.07, 6.45) is -0.941. The van der Waals surface area contributed by atoms with Gasteiger partial charge in [-0.3, -0.25) is 4.79 Å². The first-order valence-corrected chi connectivity index (χ1v) is 18.9. The summed E-state index contributed by atoms with van der Waals surface area (Å²) < 4.78 is 38.8. The normalized spacial score (nSPS) is 14.0. The average Bonchev–Trinajstić information content (AvgIpc) is 2.98. The highest BCUT2D eigenvalue weighted by atomic mass is 28.4. The number of likely N-dealkylation sites (N-methyl/N-ethyl adjacent to an activating group) is 1. The van der Waals surface area contributed by atoms with E-state index in [9.17, 15) is 14.9 Å². The van der Waals surface area contributed by atoms with Crippen LogP contribution in [0.25, 0.3) is 0 Å². The van der Waals surface area contributed by atoms with Gasteiger partial charge in [0.25, 0.3) is 5.91 Å². The van der Waals surface area contributed by atoms with Crippen molar-refractivity contribution in [1.29, 1.82) is 5.26 Å². The number of benzene rings is 2. The molecular weight excluding hydrogens is 617 g/mol. The van der Waals surface area contributed by atoms with Crippen molar-refractivity contribution >= 4 is 20.3 Å². The molecule has 0 aliphatic heterocycles. The Morgan fingerprint density at radius 1 is 1.00 bits per heavy atom. The fourth-order valence-corrected chi connectivity index (χ4v) is 5.95. The first-order valence-electron chi connectivity index (χ1n) is 16.0. The first-order chi connectivity index (χ1) is 21.7. The van der Waals surface area contributed by atoms with E-state index in [4.69, 9.17) is 18.6 Å². The summed E-state index contributed by atoms with van der Waals surface area (Å²) in [6, 6.07) is 12.8. The Labute approximate surface area is 282 Å². The van der Waals surface area contributed by atoms with Crippen LogP contribution in [0, 0.1) is 23.1 Å². The molecule has 11 heteroatoms. The molecule has 0 radical (unpaired) electrons. The SMILES string of the molecule is COc1ccc(COC[C@H](C)N(C[C@@H](C)[C@H](CN(C)C(=O)OC(C)(C)C)O[Si](C)(C)C(C)(C)C)C(=O)c2cc(C#N)ccc2F)cc1. The lowest BCUT2D eigenvalue weighted by Crippen LogP contribution is -2.52. The number of carbonyl (C=O) groups is 2. The van der Waals surface area contributed by atoms with Gasteiger partial charge in [0, 0.05) is 26.1 Å². The second-order valence-corrected chi connectivity index (χ2v) is 19.5. The van der Waals surface area contributed by atoms with Crippen molar-refractivity contribution in [3.8, 4) is 11.8 Å². The number of amides is 2. The van der Waals surface area contributed by atoms with Crippen molar-refractivity contribution in [3.63, 3.8) is 0 Å². The minimum Gasteiger partial charge on any atom is -0.497 e. The average molecular weight is 672 g/mol. The predicted octanol–water partition coefficient (Wildman–Crippen LogP) is 7.65. The van der Waals surface area contributed by atoms with E-state index in [0.717, 1.165) is 17.4 Å². The van der Waals surface area contributed by atoms with Crippen molar-refractivity contribution in [3.05, 3.63) is 65.0 Å². The van der Waals surface area contributed by atoms with Crippen LogP contribution in [0.5, 0.6) is 5.75 Å². The molecule has 0 saturated carbocycles. The maximum Gasteiger partial charge on any atom is 0.410 e. The molecule has 2 amide bonds. The zero-order chi connectivity index (χ0) is 35.7. The molecule has 260 valence electrons. The summed E-state index contributed by atoms with van der Waals surface area (Å²) in [6.45, 7) is 20.8. The van der Waals surface area contributed by atoms with Gasteiger partial charge in [-0.2, -0.15) is 5.26 Å². The van der Waals surface area contributed by atoms with Crippen molar-refractivity contribution < 1.29 is 32.6 Å². The van der Waals surface area contributed by atoms with Crippen LogP contribution in [-0.4, -0.2) is 81.7 Å². The van der Waals surface area contributed by atoms with Gasteiger partial charge < -0.3 is 28.4 Å². The summed E-state index contributed by atoms with van der Waals surface area (Å²) in [7, 11) is 0.927. The van der Waals surface area contributed by atoms with Gasteiger partial charge in [0.15, 0.2) is 8.32 Å². The Balaban J connectivity index is 2.42. The van der Waals surface area contributed by atoms with Gasteiger partial charge in [-0.1, -0.05) is 39.8 Å². The van der Waals surface area contributed by atoms with Crippen LogP contribution in [0.3, 0.4) is 0 Å². The molecule has 0 aromatic heterocycles. The molecule has 47 heavy (non-hydrogen) atoms. The molecule has 0 fully saturated rings. The molecule has 0 spiro atoms. The Hall–Kier alpha value is -3.46. The summed E-state index contributed by atoms with van der Waals surface area (Å²) in [4.78, 5) is 30.1. The number of hydrogen-bond donors (Lipinski definition) is 0. The van der Waals surface area contributed by atoms with E-state index in [1.165, 1.54) is 17.0 Å². The van der Waals surface area contributed by atoms with Crippen LogP contribution >= 0.6 is 0 Å². The van der Waals surface area contributed by atoms with Gasteiger partial charge in [0.05, 0.1) is 49.7 Å². The lowest BCUT2D eigenvalue weighted by molar-refractivity contribution is 0.00819. The van der Waals surface area contributed by atoms with Gasteiger partial charge in [0.1, 0.15) is 17.2 Å². The van der Waals surface area contributed by atoms with Crippen molar-refractivity contribution in [1.82, 2.24) is 9.80 Å². The second-order valence-electron chi connectivity index (χ2n) is 14.7. The molecule has 0 N–H and O–H groups in total. The van der Waals surface area contributed by atoms with Crippen molar-refractivity contribution in [2.75, 3.05) is 33.9 Å². The lowest BCUT2D eigenvalue weighted by atomic mass is 10.0. The van der Waals surface area contributed by atoms with Crippen LogP contribution in [0.4, 0.5) is 9.18 Å². The monoisotopic (exact) mass is 671 g/mol. The summed E-state index contributed by atoms with van der Waals surface area (Å²) in [5.74, 6) is -0.819. The highest BCUT2D eigenvalue weighted by Crippen LogP contribution is 2.38. The first kappa shape index (κ1) is 39.7. The van der Waals surface area contributed by atoms with Gasteiger partial charge in [-0.25, -0.2) is 9.18 Å². The Kier molecular flexibility index (Phi) is 14.0. The van der Waals surface area contributed by atoms with E-state index in [1.54, 1.807) is 19.1 Å². The minimum absolute atomic E-state index is 0.117. The second kappa shape index (κ2) is 16.6. The maximum absolute atomic E-state index is 15.1. The Morgan fingerprint density at radius 3 is 2.15 bits per heavy atom. The van der Waals surface area contributed by atoms with Gasteiger partial charge in [0.2, 0.25) is 0 Å². The quantitative estimate of drug-likeness (QED) is 0.190. The summed E-state index contributed by atoms with van der Waals surface area (Å²) in [5.41, 5.74) is 0.263. The molecule has 0 aliphatic rings. The molecule has 0 heterocycles. The maximum atomic E-state index is 15.1. The number of carbonyl (C=O) groups excluding carboxylic acids is 2. The van der Waals surface area contributed by atoms with E-state index >= 15 is 4.39 Å². The third-order valence-corrected chi connectivity index (χ3v) is 12.9. The van der Waals surface area contributed by atoms with E-state index < -0.39 is 43.9 Å². The van der Waals surface area contributed by atoms with Crippen LogP contribution < -0.4 is 4.74 Å². The summed E-state index contributed by atoms with van der Waals surface area (Å²) >= 11 is 0. The van der Waals surface area contributed by atoms with Gasteiger partial charge >= 0.3 is 6.09 Å². The van der Waals surface area contributed by atoms with Crippen LogP contribution in [0.2, 0.25) is 18.1 Å². The van der Waals surface area contributed by atoms with Crippen LogP contribution in [0.1, 0.15) is 76.9 Å². The molecule has 9 nitrogen and oxygen atoms in total. The molecule has 2 aromatic carbocycles. The number of rotatable bonds is 14. The molecule has 0 saturated heterocycles. The third-order valence-electron chi connectivity index (χ3n) is 8.44. The van der Waals surface area contributed by atoms with Gasteiger partial charge in [-0.05, 0) is 81.7 Å². The number of halogens is 1. The zero-order valence-corrected chi connectivity index (χ0v) is 31.3. The smallest absolute Gasteiger partial charge is 0.410 e.